The monoisotopic (exact) mass is 598 g/mol. The second-order valence-electron chi connectivity index (χ2n) is 11.1. The summed E-state index contributed by atoms with van der Waals surface area (Å²) in [5.74, 6) is 0.725. The van der Waals surface area contributed by atoms with Crippen molar-refractivity contribution < 1.29 is 9.13 Å². The molecule has 2 aliphatic heterocycles. The van der Waals surface area contributed by atoms with E-state index in [0.29, 0.717) is 74.4 Å². The number of piperazine rings is 1. The van der Waals surface area contributed by atoms with Crippen molar-refractivity contribution in [2.75, 3.05) is 62.3 Å². The Balaban J connectivity index is 1.16. The molecule has 0 bridgehead atoms. The van der Waals surface area contributed by atoms with E-state index in [2.05, 4.69) is 54.7 Å². The first kappa shape index (κ1) is 29.4. The van der Waals surface area contributed by atoms with E-state index in [0.717, 1.165) is 25.1 Å². The largest absolute Gasteiger partial charge is 0.379 e. The van der Waals surface area contributed by atoms with Gasteiger partial charge in [-0.1, -0.05) is 13.0 Å². The van der Waals surface area contributed by atoms with E-state index in [1.54, 1.807) is 24.4 Å². The average molecular weight is 599 g/mol. The predicted octanol–water partition coefficient (Wildman–Crippen LogP) is 2.51. The summed E-state index contributed by atoms with van der Waals surface area (Å²) >= 11 is 0. The summed E-state index contributed by atoms with van der Waals surface area (Å²) in [6, 6.07) is 8.70. The number of nitrogens with zero attached hydrogens (tertiary/aromatic N) is 10. The second kappa shape index (κ2) is 12.9. The van der Waals surface area contributed by atoms with Gasteiger partial charge in [0, 0.05) is 69.5 Å². The molecule has 5 heterocycles. The van der Waals surface area contributed by atoms with Gasteiger partial charge in [0.25, 0.3) is 0 Å². The molecule has 2 saturated heterocycles. The van der Waals surface area contributed by atoms with Crippen molar-refractivity contribution in [2.24, 2.45) is 0 Å². The van der Waals surface area contributed by atoms with Crippen LogP contribution in [0.2, 0.25) is 0 Å². The molecule has 44 heavy (non-hydrogen) atoms. The quantitative estimate of drug-likeness (QED) is 0.299. The topological polar surface area (TPSA) is 121 Å². The third-order valence-corrected chi connectivity index (χ3v) is 8.28. The normalized spacial score (nSPS) is 17.5. The van der Waals surface area contributed by atoms with Crippen LogP contribution in [-0.2, 0) is 17.7 Å². The van der Waals surface area contributed by atoms with Gasteiger partial charge in [0.2, 0.25) is 5.95 Å². The molecule has 4 aromatic rings. The smallest absolute Gasteiger partial charge is 0.350 e. The van der Waals surface area contributed by atoms with E-state index in [9.17, 15) is 10.1 Å². The molecule has 13 heteroatoms. The summed E-state index contributed by atoms with van der Waals surface area (Å²) in [7, 11) is 0. The van der Waals surface area contributed by atoms with Crippen LogP contribution < -0.4 is 15.5 Å². The number of benzene rings is 1. The minimum absolute atomic E-state index is 0.0634. The lowest BCUT2D eigenvalue weighted by Crippen LogP contribution is -2.53. The van der Waals surface area contributed by atoms with E-state index < -0.39 is 11.5 Å². The first-order valence-electron chi connectivity index (χ1n) is 14.9. The van der Waals surface area contributed by atoms with E-state index in [1.165, 1.54) is 21.6 Å². The third-order valence-electron chi connectivity index (χ3n) is 8.28. The number of pyridine rings is 1. The Bertz CT molecular complexity index is 1710. The number of aromatic nitrogens is 6. The molecule has 1 atom stereocenters. The summed E-state index contributed by atoms with van der Waals surface area (Å²) in [6.45, 7) is 10.3. The number of ether oxygens (including phenoxy) is 1. The maximum absolute atomic E-state index is 15.4. The van der Waals surface area contributed by atoms with Crippen molar-refractivity contribution in [3.05, 3.63) is 76.6 Å². The molecule has 0 radical (unpaired) electrons. The van der Waals surface area contributed by atoms with Crippen molar-refractivity contribution >= 4 is 11.8 Å². The molecule has 12 nitrogen and oxygen atoms in total. The number of halogens is 1. The fraction of sp³-hybridized carbons (Fsp3) is 0.419. The molecule has 0 aliphatic carbocycles. The molecule has 3 aromatic heterocycles. The number of hydrogen-bond donors (Lipinski definition) is 0. The van der Waals surface area contributed by atoms with Crippen LogP contribution in [0.1, 0.15) is 25.0 Å². The van der Waals surface area contributed by atoms with E-state index in [1.807, 2.05) is 12.4 Å². The highest BCUT2D eigenvalue weighted by molar-refractivity contribution is 5.69. The highest BCUT2D eigenvalue weighted by Gasteiger charge is 2.28. The number of hydrogen-bond acceptors (Lipinski definition) is 10. The summed E-state index contributed by atoms with van der Waals surface area (Å²) in [6.07, 6.45) is 7.62. The Morgan fingerprint density at radius 3 is 2.52 bits per heavy atom. The molecule has 0 amide bonds. The lowest BCUT2D eigenvalue weighted by molar-refractivity contribution is 0.0358. The minimum Gasteiger partial charge on any atom is -0.379 e. The Hall–Kier alpha value is -4.67. The predicted molar refractivity (Wildman–Crippen MR) is 163 cm³/mol. The molecule has 2 fully saturated rings. The zero-order valence-electron chi connectivity index (χ0n) is 24.9. The Kier molecular flexibility index (Phi) is 8.63. The fourth-order valence-corrected chi connectivity index (χ4v) is 5.67. The van der Waals surface area contributed by atoms with Crippen LogP contribution in [-0.4, -0.2) is 92.7 Å². The van der Waals surface area contributed by atoms with Gasteiger partial charge in [-0.3, -0.25) is 4.90 Å². The standard InChI is InChI=1S/C31H35FN10O2/c1-3-23-17-35-30(36-18-23)39-7-8-40(22(2)20-39)29-25(16-33)14-26(19-34-29)24-4-5-28(27(32)15-24)41-21-37-42(31(41)43)9-6-38-10-12-44-13-11-38/h4-5,14-15,17-19,21-22H,3,6-13,20H2,1-2H3. The van der Waals surface area contributed by atoms with Gasteiger partial charge in [-0.2, -0.15) is 10.4 Å². The molecule has 1 aromatic carbocycles. The molecule has 228 valence electrons. The Labute approximate surface area is 255 Å². The Morgan fingerprint density at radius 2 is 1.82 bits per heavy atom. The van der Waals surface area contributed by atoms with Crippen molar-refractivity contribution in [1.29, 1.82) is 5.26 Å². The molecule has 6 rings (SSSR count). The first-order valence-corrected chi connectivity index (χ1v) is 14.9. The molecular weight excluding hydrogens is 563 g/mol. The number of nitriles is 1. The average Bonchev–Trinajstić information content (AvgIpc) is 3.43. The number of rotatable bonds is 8. The van der Waals surface area contributed by atoms with Crippen molar-refractivity contribution in [3.63, 3.8) is 0 Å². The van der Waals surface area contributed by atoms with Crippen molar-refractivity contribution in [2.45, 2.75) is 32.9 Å². The zero-order chi connectivity index (χ0) is 30.6. The number of morpholine rings is 1. The van der Waals surface area contributed by atoms with Gasteiger partial charge in [-0.15, -0.1) is 0 Å². The van der Waals surface area contributed by atoms with Crippen LogP contribution in [0, 0.1) is 17.1 Å². The fourth-order valence-electron chi connectivity index (χ4n) is 5.67. The molecule has 2 aliphatic rings. The van der Waals surface area contributed by atoms with Gasteiger partial charge in [0.05, 0.1) is 31.0 Å². The molecular formula is C31H35FN10O2. The van der Waals surface area contributed by atoms with E-state index >= 15 is 4.39 Å². The van der Waals surface area contributed by atoms with E-state index in [-0.39, 0.29) is 11.7 Å². The lowest BCUT2D eigenvalue weighted by Gasteiger charge is -2.40. The van der Waals surface area contributed by atoms with Gasteiger partial charge >= 0.3 is 5.69 Å². The van der Waals surface area contributed by atoms with Gasteiger partial charge < -0.3 is 14.5 Å². The van der Waals surface area contributed by atoms with E-state index in [4.69, 9.17) is 4.74 Å². The molecule has 0 saturated carbocycles. The van der Waals surface area contributed by atoms with Gasteiger partial charge in [0.15, 0.2) is 0 Å². The van der Waals surface area contributed by atoms with Crippen LogP contribution in [0.15, 0.2) is 54.0 Å². The summed E-state index contributed by atoms with van der Waals surface area (Å²) in [5.41, 5.74) is 2.38. The van der Waals surface area contributed by atoms with Crippen molar-refractivity contribution in [3.8, 4) is 22.9 Å². The second-order valence-corrected chi connectivity index (χ2v) is 11.1. The Morgan fingerprint density at radius 1 is 1.02 bits per heavy atom. The summed E-state index contributed by atoms with van der Waals surface area (Å²) in [5, 5.41) is 14.2. The SMILES string of the molecule is CCc1cnc(N2CCN(c3ncc(-c4ccc(-n5cnn(CCN6CCOCC6)c5=O)c(F)c4)cc3C#N)C(C)C2)nc1. The minimum atomic E-state index is -0.571. The highest BCUT2D eigenvalue weighted by atomic mass is 19.1. The van der Waals surface area contributed by atoms with Crippen LogP contribution in [0.3, 0.4) is 0 Å². The summed E-state index contributed by atoms with van der Waals surface area (Å²) in [4.78, 5) is 33.1. The summed E-state index contributed by atoms with van der Waals surface area (Å²) < 4.78 is 23.3. The molecule has 1 unspecified atom stereocenters. The van der Waals surface area contributed by atoms with Crippen LogP contribution in [0.25, 0.3) is 16.8 Å². The van der Waals surface area contributed by atoms with Crippen molar-refractivity contribution in [1.82, 2.24) is 34.2 Å². The highest BCUT2D eigenvalue weighted by Crippen LogP contribution is 2.29. The first-order chi connectivity index (χ1) is 21.4. The van der Waals surface area contributed by atoms with Crippen LogP contribution in [0.4, 0.5) is 16.2 Å². The van der Waals surface area contributed by atoms with Gasteiger partial charge in [0.1, 0.15) is 24.0 Å². The maximum Gasteiger partial charge on any atom is 0.350 e. The van der Waals surface area contributed by atoms with Gasteiger partial charge in [-0.05, 0) is 42.7 Å². The third kappa shape index (κ3) is 6.04. The lowest BCUT2D eigenvalue weighted by atomic mass is 10.0. The number of anilines is 2. The molecule has 0 spiro atoms. The van der Waals surface area contributed by atoms with Crippen LogP contribution in [0.5, 0.6) is 0 Å². The molecule has 0 N–H and O–H groups in total. The number of aryl methyl sites for hydroxylation is 1. The van der Waals surface area contributed by atoms with Gasteiger partial charge in [-0.25, -0.2) is 33.4 Å². The zero-order valence-corrected chi connectivity index (χ0v) is 24.9. The van der Waals surface area contributed by atoms with Crippen LogP contribution >= 0.6 is 0 Å². The maximum atomic E-state index is 15.4.